The quantitative estimate of drug-likeness (QED) is 0.725. The minimum Gasteiger partial charge on any atom is -0.336 e. The van der Waals surface area contributed by atoms with E-state index in [0.29, 0.717) is 24.9 Å². The highest BCUT2D eigenvalue weighted by atomic mass is 32.2. The Hall–Kier alpha value is -1.49. The van der Waals surface area contributed by atoms with Gasteiger partial charge in [-0.25, -0.2) is 0 Å². The van der Waals surface area contributed by atoms with Crippen LogP contribution in [0.5, 0.6) is 0 Å². The maximum absolute atomic E-state index is 13.1. The lowest BCUT2D eigenvalue weighted by atomic mass is 10.0. The van der Waals surface area contributed by atoms with E-state index in [-0.39, 0.29) is 23.8 Å². The number of hydrogen-bond donors (Lipinski definition) is 0. The fourth-order valence-corrected chi connectivity index (χ4v) is 3.89. The van der Waals surface area contributed by atoms with E-state index in [1.807, 2.05) is 30.5 Å². The van der Waals surface area contributed by atoms with E-state index in [1.165, 1.54) is 4.90 Å². The van der Waals surface area contributed by atoms with Gasteiger partial charge in [0.25, 0.3) is 0 Å². The summed E-state index contributed by atoms with van der Waals surface area (Å²) < 4.78 is 0. The first-order valence-corrected chi connectivity index (χ1v) is 10.4. The summed E-state index contributed by atoms with van der Waals surface area (Å²) in [5.41, 5.74) is 0.896. The molecule has 0 aromatic heterocycles. The van der Waals surface area contributed by atoms with E-state index in [4.69, 9.17) is 0 Å². The van der Waals surface area contributed by atoms with Crippen LogP contribution in [-0.2, 0) is 9.59 Å². The van der Waals surface area contributed by atoms with Gasteiger partial charge in [-0.05, 0) is 56.2 Å². The molecule has 0 spiro atoms. The van der Waals surface area contributed by atoms with Crippen molar-refractivity contribution in [2.75, 3.05) is 17.7 Å². The Morgan fingerprint density at radius 2 is 1.84 bits per heavy atom. The van der Waals surface area contributed by atoms with Gasteiger partial charge in [-0.3, -0.25) is 9.59 Å². The van der Waals surface area contributed by atoms with Gasteiger partial charge in [0.1, 0.15) is 0 Å². The van der Waals surface area contributed by atoms with Crippen molar-refractivity contribution in [3.63, 3.8) is 0 Å². The first-order valence-electron chi connectivity index (χ1n) is 9.19. The molecule has 1 aromatic carbocycles. The molecule has 0 radical (unpaired) electrons. The smallest absolute Gasteiger partial charge is 0.228 e. The van der Waals surface area contributed by atoms with Gasteiger partial charge in [-0.2, -0.15) is 0 Å². The molecule has 2 amide bonds. The fraction of sp³-hybridized carbons (Fsp3) is 0.600. The number of anilines is 1. The summed E-state index contributed by atoms with van der Waals surface area (Å²) in [5, 5.41) is 0. The lowest BCUT2D eigenvalue weighted by Crippen LogP contribution is -2.46. The second-order valence-electron chi connectivity index (χ2n) is 7.56. The third-order valence-electron chi connectivity index (χ3n) is 5.46. The number of hydrogen-bond acceptors (Lipinski definition) is 3. The van der Waals surface area contributed by atoms with Crippen molar-refractivity contribution in [2.24, 2.45) is 11.8 Å². The van der Waals surface area contributed by atoms with E-state index in [2.05, 4.69) is 25.7 Å². The maximum Gasteiger partial charge on any atom is 0.228 e. The summed E-state index contributed by atoms with van der Waals surface area (Å²) in [5.74, 6) is 0.440. The minimum absolute atomic E-state index is 0.0585. The Kier molecular flexibility index (Phi) is 5.42. The molecule has 2 fully saturated rings. The largest absolute Gasteiger partial charge is 0.336 e. The molecule has 1 aliphatic heterocycles. The number of benzene rings is 1. The van der Waals surface area contributed by atoms with Gasteiger partial charge in [-0.1, -0.05) is 13.8 Å². The Balaban J connectivity index is 1.73. The van der Waals surface area contributed by atoms with Crippen LogP contribution in [0.3, 0.4) is 0 Å². The molecule has 0 bridgehead atoms. The third-order valence-corrected chi connectivity index (χ3v) is 6.20. The average Bonchev–Trinajstić information content (AvgIpc) is 3.36. The highest BCUT2D eigenvalue weighted by Crippen LogP contribution is 2.35. The van der Waals surface area contributed by atoms with Gasteiger partial charge >= 0.3 is 0 Å². The molecule has 5 heteroatoms. The zero-order valence-electron chi connectivity index (χ0n) is 15.6. The molecule has 2 aliphatic rings. The second kappa shape index (κ2) is 7.40. The van der Waals surface area contributed by atoms with Crippen molar-refractivity contribution in [2.45, 2.75) is 57.0 Å². The fourth-order valence-electron chi connectivity index (χ4n) is 3.48. The van der Waals surface area contributed by atoms with Crippen LogP contribution in [0.4, 0.5) is 5.69 Å². The maximum atomic E-state index is 13.1. The van der Waals surface area contributed by atoms with Gasteiger partial charge < -0.3 is 9.80 Å². The van der Waals surface area contributed by atoms with Crippen LogP contribution in [0.15, 0.2) is 29.2 Å². The van der Waals surface area contributed by atoms with Gasteiger partial charge in [0.05, 0.1) is 5.92 Å². The molecular weight excluding hydrogens is 332 g/mol. The van der Waals surface area contributed by atoms with Crippen LogP contribution in [0, 0.1) is 11.8 Å². The normalized spacial score (nSPS) is 21.7. The van der Waals surface area contributed by atoms with Crippen LogP contribution >= 0.6 is 11.8 Å². The van der Waals surface area contributed by atoms with E-state index in [1.54, 1.807) is 16.7 Å². The molecule has 1 aliphatic carbocycles. The van der Waals surface area contributed by atoms with Gasteiger partial charge in [0.15, 0.2) is 0 Å². The minimum atomic E-state index is -0.213. The Morgan fingerprint density at radius 3 is 2.36 bits per heavy atom. The predicted octanol–water partition coefficient (Wildman–Crippen LogP) is 3.80. The molecule has 4 nitrogen and oxygen atoms in total. The zero-order valence-corrected chi connectivity index (χ0v) is 16.4. The van der Waals surface area contributed by atoms with Crippen LogP contribution in [-0.4, -0.2) is 41.6 Å². The monoisotopic (exact) mass is 360 g/mol. The van der Waals surface area contributed by atoms with E-state index < -0.39 is 0 Å². The predicted molar refractivity (Wildman–Crippen MR) is 103 cm³/mol. The Morgan fingerprint density at radius 1 is 1.20 bits per heavy atom. The van der Waals surface area contributed by atoms with Crippen molar-refractivity contribution in [3.8, 4) is 0 Å². The molecule has 3 rings (SSSR count). The number of carbonyl (C=O) groups is 2. The molecule has 1 heterocycles. The molecular formula is C20H28N2O2S. The molecule has 25 heavy (non-hydrogen) atoms. The lowest BCUT2D eigenvalue weighted by molar-refractivity contribution is -0.139. The van der Waals surface area contributed by atoms with Crippen LogP contribution < -0.4 is 4.90 Å². The summed E-state index contributed by atoms with van der Waals surface area (Å²) in [6, 6.07) is 8.62. The van der Waals surface area contributed by atoms with Gasteiger partial charge in [-0.15, -0.1) is 11.8 Å². The number of nitrogens with zero attached hydrogens (tertiary/aromatic N) is 2. The van der Waals surface area contributed by atoms with Crippen LogP contribution in [0.2, 0.25) is 0 Å². The number of amides is 2. The second-order valence-corrected chi connectivity index (χ2v) is 8.44. The topological polar surface area (TPSA) is 40.6 Å². The van der Waals surface area contributed by atoms with Crippen LogP contribution in [0.1, 0.15) is 40.0 Å². The Bertz CT molecular complexity index is 640. The summed E-state index contributed by atoms with van der Waals surface area (Å²) >= 11 is 1.68. The SMILES string of the molecule is CSc1ccc(N2CC(C(=O)N(C3CC3)C(C)C(C)C)CC2=O)cc1. The summed E-state index contributed by atoms with van der Waals surface area (Å²) in [4.78, 5) is 30.7. The van der Waals surface area contributed by atoms with Crippen molar-refractivity contribution in [1.82, 2.24) is 4.90 Å². The summed E-state index contributed by atoms with van der Waals surface area (Å²) in [6.45, 7) is 6.96. The van der Waals surface area contributed by atoms with Gasteiger partial charge in [0, 0.05) is 35.6 Å². The van der Waals surface area contributed by atoms with Crippen molar-refractivity contribution in [1.29, 1.82) is 0 Å². The van der Waals surface area contributed by atoms with Crippen LogP contribution in [0.25, 0.3) is 0 Å². The standard InChI is InChI=1S/C20H28N2O2S/c1-13(2)14(3)22(17-5-6-17)20(24)15-11-19(23)21(12-15)16-7-9-18(25-4)10-8-16/h7-10,13-15,17H,5-6,11-12H2,1-4H3. The first kappa shape index (κ1) is 18.3. The average molecular weight is 361 g/mol. The van der Waals surface area contributed by atoms with E-state index >= 15 is 0 Å². The highest BCUT2D eigenvalue weighted by Gasteiger charge is 2.43. The summed E-state index contributed by atoms with van der Waals surface area (Å²) in [6.07, 6.45) is 4.57. The molecule has 1 aromatic rings. The first-order chi connectivity index (χ1) is 11.9. The number of rotatable bonds is 6. The third kappa shape index (κ3) is 3.86. The van der Waals surface area contributed by atoms with E-state index in [9.17, 15) is 9.59 Å². The number of thioether (sulfide) groups is 1. The Labute approximate surface area is 154 Å². The zero-order chi connectivity index (χ0) is 18.1. The lowest BCUT2D eigenvalue weighted by Gasteiger charge is -2.34. The molecule has 2 unspecified atom stereocenters. The molecule has 1 saturated heterocycles. The highest BCUT2D eigenvalue weighted by molar-refractivity contribution is 7.98. The molecule has 2 atom stereocenters. The molecule has 136 valence electrons. The van der Waals surface area contributed by atoms with Gasteiger partial charge in [0.2, 0.25) is 11.8 Å². The number of carbonyl (C=O) groups excluding carboxylic acids is 2. The van der Waals surface area contributed by atoms with E-state index in [0.717, 1.165) is 18.5 Å². The summed E-state index contributed by atoms with van der Waals surface area (Å²) in [7, 11) is 0. The van der Waals surface area contributed by atoms with Crippen molar-refractivity contribution >= 4 is 29.3 Å². The van der Waals surface area contributed by atoms with Crippen molar-refractivity contribution < 1.29 is 9.59 Å². The van der Waals surface area contributed by atoms with Crippen molar-refractivity contribution in [3.05, 3.63) is 24.3 Å². The molecule has 0 N–H and O–H groups in total. The molecule has 1 saturated carbocycles.